The number of hydrogen-bond donors (Lipinski definition) is 1. The summed E-state index contributed by atoms with van der Waals surface area (Å²) < 4.78 is 27.7. The summed E-state index contributed by atoms with van der Waals surface area (Å²) in [4.78, 5) is 13.2. The topological polar surface area (TPSA) is 40.5 Å². The fraction of sp³-hybridized carbons (Fsp3) is 0.438. The maximum absolute atomic E-state index is 14.0. The molecule has 0 saturated carbocycles. The Balaban J connectivity index is 2.13. The fourth-order valence-corrected chi connectivity index (χ4v) is 2.81. The molecule has 1 aliphatic rings. The minimum atomic E-state index is -0.882. The Morgan fingerprint density at radius 3 is 2.59 bits per heavy atom. The number of nitrogens with zero attached hydrogens (tertiary/aromatic N) is 1. The van der Waals surface area contributed by atoms with Crippen LogP contribution in [0.3, 0.4) is 0 Å². The van der Waals surface area contributed by atoms with Crippen LogP contribution in [0.1, 0.15) is 25.8 Å². The van der Waals surface area contributed by atoms with Gasteiger partial charge >= 0.3 is 5.97 Å². The van der Waals surface area contributed by atoms with E-state index in [9.17, 15) is 13.6 Å². The van der Waals surface area contributed by atoms with Gasteiger partial charge in [-0.05, 0) is 47.8 Å². The standard InChI is InChI=1S/C16H18BrF2NO2/c1-16(2,15(21)22)9-20-7-5-10(6-8-20)11-3-4-12(17)14(19)13(11)18/h3-5H,6-9H2,1-2H3,(H,21,22). The van der Waals surface area contributed by atoms with Crippen molar-refractivity contribution in [2.45, 2.75) is 20.3 Å². The summed E-state index contributed by atoms with van der Waals surface area (Å²) >= 11 is 2.96. The highest BCUT2D eigenvalue weighted by Gasteiger charge is 2.30. The average Bonchev–Trinajstić information content (AvgIpc) is 2.46. The summed E-state index contributed by atoms with van der Waals surface area (Å²) in [6, 6.07) is 3.06. The second kappa shape index (κ2) is 6.46. The average molecular weight is 374 g/mol. The molecule has 0 saturated heterocycles. The molecule has 3 nitrogen and oxygen atoms in total. The van der Waals surface area contributed by atoms with Gasteiger partial charge in [0.15, 0.2) is 11.6 Å². The van der Waals surface area contributed by atoms with E-state index in [0.29, 0.717) is 26.1 Å². The lowest BCUT2D eigenvalue weighted by Crippen LogP contribution is -2.41. The third-order valence-electron chi connectivity index (χ3n) is 3.87. The van der Waals surface area contributed by atoms with Gasteiger partial charge in [-0.2, -0.15) is 0 Å². The van der Waals surface area contributed by atoms with Crippen LogP contribution in [-0.4, -0.2) is 35.6 Å². The van der Waals surface area contributed by atoms with Crippen molar-refractivity contribution in [1.82, 2.24) is 4.90 Å². The van der Waals surface area contributed by atoms with Crippen LogP contribution in [0.25, 0.3) is 5.57 Å². The lowest BCUT2D eigenvalue weighted by molar-refractivity contribution is -0.147. The molecule has 0 spiro atoms. The number of carboxylic acids is 1. The summed E-state index contributed by atoms with van der Waals surface area (Å²) in [5.41, 5.74) is 0.200. The molecule has 0 unspecified atom stereocenters. The number of carboxylic acid groups (broad SMARTS) is 1. The number of aliphatic carboxylic acids is 1. The molecule has 0 aromatic heterocycles. The van der Waals surface area contributed by atoms with E-state index in [1.807, 2.05) is 11.0 Å². The molecular weight excluding hydrogens is 356 g/mol. The summed E-state index contributed by atoms with van der Waals surface area (Å²) in [5.74, 6) is -2.57. The first-order chi connectivity index (χ1) is 10.2. The number of rotatable bonds is 4. The van der Waals surface area contributed by atoms with Crippen molar-refractivity contribution in [3.8, 4) is 0 Å². The largest absolute Gasteiger partial charge is 0.481 e. The summed E-state index contributed by atoms with van der Waals surface area (Å²) in [5, 5.41) is 9.16. The number of halogens is 3. The van der Waals surface area contributed by atoms with Crippen molar-refractivity contribution in [3.05, 3.63) is 39.9 Å². The summed E-state index contributed by atoms with van der Waals surface area (Å²) in [6.07, 6.45) is 2.40. The van der Waals surface area contributed by atoms with Gasteiger partial charge in [-0.15, -0.1) is 0 Å². The fourth-order valence-electron chi connectivity index (χ4n) is 2.50. The minimum absolute atomic E-state index is 0.106. The molecule has 1 aliphatic heterocycles. The van der Waals surface area contributed by atoms with E-state index in [2.05, 4.69) is 15.9 Å². The van der Waals surface area contributed by atoms with Gasteiger partial charge in [0.05, 0.1) is 9.89 Å². The highest BCUT2D eigenvalue weighted by atomic mass is 79.9. The van der Waals surface area contributed by atoms with Crippen LogP contribution in [0.5, 0.6) is 0 Å². The third-order valence-corrected chi connectivity index (χ3v) is 4.48. The SMILES string of the molecule is CC(C)(CN1CC=C(c2ccc(Br)c(F)c2F)CC1)C(=O)O. The van der Waals surface area contributed by atoms with Gasteiger partial charge in [0, 0.05) is 25.2 Å². The molecule has 6 heteroatoms. The molecule has 120 valence electrons. The Hall–Kier alpha value is -1.27. The summed E-state index contributed by atoms with van der Waals surface area (Å²) in [6.45, 7) is 4.93. The molecule has 0 fully saturated rings. The molecule has 0 atom stereocenters. The number of benzene rings is 1. The Kier molecular flexibility index (Phi) is 5.02. The maximum Gasteiger partial charge on any atom is 0.310 e. The molecular formula is C16H18BrF2NO2. The first-order valence-corrected chi connectivity index (χ1v) is 7.80. The second-order valence-corrected chi connectivity index (χ2v) is 6.98. The predicted molar refractivity (Wildman–Crippen MR) is 84.5 cm³/mol. The summed E-state index contributed by atoms with van der Waals surface area (Å²) in [7, 11) is 0. The molecule has 0 amide bonds. The Morgan fingerprint density at radius 1 is 1.36 bits per heavy atom. The van der Waals surface area contributed by atoms with Crippen molar-refractivity contribution >= 4 is 27.5 Å². The van der Waals surface area contributed by atoms with E-state index in [1.165, 1.54) is 6.07 Å². The third kappa shape index (κ3) is 3.55. The normalized spacial score (nSPS) is 16.5. The lowest BCUT2D eigenvalue weighted by atomic mass is 9.91. The first kappa shape index (κ1) is 17.1. The van der Waals surface area contributed by atoms with Gasteiger partial charge in [-0.25, -0.2) is 8.78 Å². The van der Waals surface area contributed by atoms with Crippen LogP contribution >= 0.6 is 15.9 Å². The van der Waals surface area contributed by atoms with Gasteiger partial charge < -0.3 is 5.11 Å². The van der Waals surface area contributed by atoms with Crippen LogP contribution in [-0.2, 0) is 4.79 Å². The number of carbonyl (C=O) groups is 1. The highest BCUT2D eigenvalue weighted by Crippen LogP contribution is 2.30. The Labute approximate surface area is 136 Å². The van der Waals surface area contributed by atoms with Crippen molar-refractivity contribution < 1.29 is 18.7 Å². The van der Waals surface area contributed by atoms with E-state index in [4.69, 9.17) is 5.11 Å². The molecule has 1 aromatic carbocycles. The van der Waals surface area contributed by atoms with Gasteiger partial charge in [-0.3, -0.25) is 9.69 Å². The zero-order valence-electron chi connectivity index (χ0n) is 12.5. The van der Waals surface area contributed by atoms with E-state index in [1.54, 1.807) is 19.9 Å². The Morgan fingerprint density at radius 2 is 2.05 bits per heavy atom. The number of hydrogen-bond acceptors (Lipinski definition) is 2. The zero-order chi connectivity index (χ0) is 16.5. The molecule has 1 N–H and O–H groups in total. The molecule has 22 heavy (non-hydrogen) atoms. The molecule has 0 radical (unpaired) electrons. The van der Waals surface area contributed by atoms with E-state index in [0.717, 1.165) is 5.57 Å². The van der Waals surface area contributed by atoms with Gasteiger partial charge in [0.2, 0.25) is 0 Å². The molecule has 2 rings (SSSR count). The molecule has 1 aromatic rings. The predicted octanol–water partition coefficient (Wildman–Crippen LogP) is 3.93. The van der Waals surface area contributed by atoms with Gasteiger partial charge in [-0.1, -0.05) is 12.1 Å². The van der Waals surface area contributed by atoms with Gasteiger partial charge in [0.25, 0.3) is 0 Å². The van der Waals surface area contributed by atoms with E-state index < -0.39 is 23.0 Å². The molecule has 0 aliphatic carbocycles. The van der Waals surface area contributed by atoms with Crippen molar-refractivity contribution in [2.75, 3.05) is 19.6 Å². The van der Waals surface area contributed by atoms with Gasteiger partial charge in [0.1, 0.15) is 0 Å². The lowest BCUT2D eigenvalue weighted by Gasteiger charge is -2.32. The van der Waals surface area contributed by atoms with Crippen LogP contribution in [0.2, 0.25) is 0 Å². The van der Waals surface area contributed by atoms with Crippen LogP contribution < -0.4 is 0 Å². The van der Waals surface area contributed by atoms with Crippen LogP contribution in [0.15, 0.2) is 22.7 Å². The zero-order valence-corrected chi connectivity index (χ0v) is 14.1. The van der Waals surface area contributed by atoms with Crippen molar-refractivity contribution in [1.29, 1.82) is 0 Å². The monoisotopic (exact) mass is 373 g/mol. The smallest absolute Gasteiger partial charge is 0.310 e. The molecule has 0 bridgehead atoms. The quantitative estimate of drug-likeness (QED) is 0.812. The van der Waals surface area contributed by atoms with Crippen LogP contribution in [0, 0.1) is 17.0 Å². The molecule has 1 heterocycles. The van der Waals surface area contributed by atoms with Crippen molar-refractivity contribution in [3.63, 3.8) is 0 Å². The highest BCUT2D eigenvalue weighted by molar-refractivity contribution is 9.10. The second-order valence-electron chi connectivity index (χ2n) is 6.13. The van der Waals surface area contributed by atoms with Crippen molar-refractivity contribution in [2.24, 2.45) is 5.41 Å². The van der Waals surface area contributed by atoms with E-state index >= 15 is 0 Å². The minimum Gasteiger partial charge on any atom is -0.481 e. The first-order valence-electron chi connectivity index (χ1n) is 7.01. The Bertz CT molecular complexity index is 629. The van der Waals surface area contributed by atoms with E-state index in [-0.39, 0.29) is 10.0 Å². The van der Waals surface area contributed by atoms with Crippen LogP contribution in [0.4, 0.5) is 8.78 Å². The maximum atomic E-state index is 14.0.